The fraction of sp³-hybridized carbons (Fsp3) is 0. The van der Waals surface area contributed by atoms with Crippen LogP contribution in [0.2, 0.25) is 0 Å². The molecule has 8 aromatic carbocycles. The van der Waals surface area contributed by atoms with Crippen molar-refractivity contribution in [3.8, 4) is 28.3 Å². The number of aromatic nitrogens is 3. The van der Waals surface area contributed by atoms with Crippen molar-refractivity contribution < 1.29 is 0 Å². The summed E-state index contributed by atoms with van der Waals surface area (Å²) >= 11 is 1.89. The average Bonchev–Trinajstić information content (AvgIpc) is 3.40. The molecule has 0 aliphatic heterocycles. The number of hydrogen-bond donors (Lipinski definition) is 0. The molecule has 0 saturated carbocycles. The monoisotopic (exact) mass is 627 g/mol. The van der Waals surface area contributed by atoms with E-state index in [1.807, 2.05) is 23.5 Å². The van der Waals surface area contributed by atoms with E-state index in [2.05, 4.69) is 144 Å². The highest BCUT2D eigenvalue weighted by molar-refractivity contribution is 7.24. The van der Waals surface area contributed by atoms with Crippen molar-refractivity contribution >= 4 is 85.8 Å². The Morgan fingerprint density at radius 1 is 0.438 bits per heavy atom. The lowest BCUT2D eigenvalue weighted by atomic mass is 10.00. The number of para-hydroxylation sites is 1. The van der Waals surface area contributed by atoms with Crippen LogP contribution in [0.4, 0.5) is 0 Å². The third-order valence-corrected chi connectivity index (χ3v) is 11.0. The fourth-order valence-corrected chi connectivity index (χ4v) is 8.95. The maximum atomic E-state index is 5.16. The summed E-state index contributed by atoms with van der Waals surface area (Å²) in [5.74, 6) is 0.731. The van der Waals surface area contributed by atoms with Crippen molar-refractivity contribution in [2.24, 2.45) is 0 Å². The quantitative estimate of drug-likeness (QED) is 0.195. The van der Waals surface area contributed by atoms with Crippen LogP contribution in [0.25, 0.3) is 103 Å². The summed E-state index contributed by atoms with van der Waals surface area (Å²) < 4.78 is 5.09. The molecule has 4 heteroatoms. The fourth-order valence-electron chi connectivity index (χ4n) is 7.78. The number of nitrogens with zero attached hydrogens (tertiary/aromatic N) is 3. The molecule has 0 amide bonds. The lowest BCUT2D eigenvalue weighted by molar-refractivity contribution is 1.19. The minimum atomic E-state index is 0.731. The normalized spacial score (nSPS) is 12.2. The van der Waals surface area contributed by atoms with Crippen LogP contribution in [-0.4, -0.2) is 14.5 Å². The molecule has 11 aromatic rings. The van der Waals surface area contributed by atoms with Gasteiger partial charge < -0.3 is 4.57 Å². The van der Waals surface area contributed by atoms with Crippen LogP contribution in [-0.2, 0) is 0 Å². The van der Waals surface area contributed by atoms with Crippen molar-refractivity contribution in [2.45, 2.75) is 0 Å². The van der Waals surface area contributed by atoms with E-state index < -0.39 is 0 Å². The van der Waals surface area contributed by atoms with Crippen molar-refractivity contribution in [2.75, 3.05) is 0 Å². The third-order valence-electron chi connectivity index (χ3n) is 9.91. The molecule has 222 valence electrons. The van der Waals surface area contributed by atoms with Gasteiger partial charge in [0, 0.05) is 53.1 Å². The second kappa shape index (κ2) is 9.71. The number of benzene rings is 8. The molecular weight excluding hydrogens is 603 g/mol. The molecule has 48 heavy (non-hydrogen) atoms. The van der Waals surface area contributed by atoms with E-state index in [9.17, 15) is 0 Å². The highest BCUT2D eigenvalue weighted by Gasteiger charge is 2.21. The predicted octanol–water partition coefficient (Wildman–Crippen LogP) is 12.2. The smallest absolute Gasteiger partial charge is 0.160 e. The zero-order valence-electron chi connectivity index (χ0n) is 25.7. The van der Waals surface area contributed by atoms with E-state index in [0.29, 0.717) is 0 Å². The summed E-state index contributed by atoms with van der Waals surface area (Å²) in [6.07, 6.45) is 0. The molecule has 0 N–H and O–H groups in total. The molecule has 0 bridgehead atoms. The molecule has 3 heterocycles. The van der Waals surface area contributed by atoms with Gasteiger partial charge in [-0.1, -0.05) is 103 Å². The molecule has 0 unspecified atom stereocenters. The Labute approximate surface area is 279 Å². The van der Waals surface area contributed by atoms with Crippen molar-refractivity contribution in [1.29, 1.82) is 0 Å². The molecule has 0 saturated heterocycles. The van der Waals surface area contributed by atoms with Crippen LogP contribution in [0.5, 0.6) is 0 Å². The number of fused-ring (bicyclic) bond motifs is 2. The van der Waals surface area contributed by atoms with Gasteiger partial charge in [-0.2, -0.15) is 0 Å². The van der Waals surface area contributed by atoms with Gasteiger partial charge in [0.1, 0.15) is 0 Å². The summed E-state index contributed by atoms with van der Waals surface area (Å²) in [4.78, 5) is 10.2. The maximum Gasteiger partial charge on any atom is 0.160 e. The lowest BCUT2D eigenvalue weighted by Gasteiger charge is -2.12. The summed E-state index contributed by atoms with van der Waals surface area (Å²) in [5.41, 5.74) is 7.59. The van der Waals surface area contributed by atoms with E-state index in [4.69, 9.17) is 9.97 Å². The standard InChI is InChI=1S/C44H25N3S/c1-2-8-29(9-3-1)43-33-12-4-5-13-34(33)45-44(46-43)30-17-16-26-18-21-32(25-31(26)24-30)47-35-22-19-27-10-6-14-37-39(27)41(35)42-36(47)23-20-28-11-7-15-38(48-37)40(28)42/h1-25H. The first-order valence-corrected chi connectivity index (χ1v) is 17.1. The van der Waals surface area contributed by atoms with Gasteiger partial charge in [0.2, 0.25) is 0 Å². The van der Waals surface area contributed by atoms with E-state index >= 15 is 0 Å². The van der Waals surface area contributed by atoms with Gasteiger partial charge in [0.15, 0.2) is 5.82 Å². The van der Waals surface area contributed by atoms with Crippen LogP contribution in [0.15, 0.2) is 152 Å². The van der Waals surface area contributed by atoms with E-state index in [1.54, 1.807) is 0 Å². The van der Waals surface area contributed by atoms with Crippen LogP contribution in [0, 0.1) is 0 Å². The van der Waals surface area contributed by atoms with E-state index in [-0.39, 0.29) is 0 Å². The predicted molar refractivity (Wildman–Crippen MR) is 204 cm³/mol. The minimum absolute atomic E-state index is 0.731. The first-order chi connectivity index (χ1) is 23.8. The van der Waals surface area contributed by atoms with Crippen LogP contribution in [0.1, 0.15) is 0 Å². The Hall–Kier alpha value is -6.10. The van der Waals surface area contributed by atoms with E-state index in [0.717, 1.165) is 44.6 Å². The molecule has 0 atom stereocenters. The molecule has 0 radical (unpaired) electrons. The van der Waals surface area contributed by atoms with Gasteiger partial charge in [0.05, 0.1) is 22.2 Å². The maximum absolute atomic E-state index is 5.16. The van der Waals surface area contributed by atoms with Gasteiger partial charge >= 0.3 is 0 Å². The molecule has 3 nitrogen and oxygen atoms in total. The largest absolute Gasteiger partial charge is 0.309 e. The van der Waals surface area contributed by atoms with Crippen molar-refractivity contribution in [3.05, 3.63) is 152 Å². The minimum Gasteiger partial charge on any atom is -0.309 e. The highest BCUT2D eigenvalue weighted by atomic mass is 32.1. The molecular formula is C44H25N3S. The van der Waals surface area contributed by atoms with Gasteiger partial charge in [0.25, 0.3) is 0 Å². The first kappa shape index (κ1) is 26.0. The van der Waals surface area contributed by atoms with Gasteiger partial charge in [-0.15, -0.1) is 11.3 Å². The topological polar surface area (TPSA) is 30.7 Å². The Balaban J connectivity index is 1.17. The summed E-state index contributed by atoms with van der Waals surface area (Å²) in [5, 5.41) is 11.3. The van der Waals surface area contributed by atoms with Gasteiger partial charge in [-0.25, -0.2) is 9.97 Å². The Bertz CT molecular complexity index is 2960. The molecule has 11 rings (SSSR count). The van der Waals surface area contributed by atoms with Crippen molar-refractivity contribution in [3.63, 3.8) is 0 Å². The van der Waals surface area contributed by atoms with Gasteiger partial charge in [-0.3, -0.25) is 0 Å². The van der Waals surface area contributed by atoms with Crippen molar-refractivity contribution in [1.82, 2.24) is 14.5 Å². The van der Waals surface area contributed by atoms with E-state index in [1.165, 1.54) is 58.1 Å². The third kappa shape index (κ3) is 3.63. The summed E-state index contributed by atoms with van der Waals surface area (Å²) in [7, 11) is 0. The van der Waals surface area contributed by atoms with Crippen LogP contribution < -0.4 is 0 Å². The SMILES string of the molecule is c1ccc(-c2nc(-c3ccc4ccc(-n5c6ccc7cccc8sc9cccc%10ccc5c(c%109)c6c78)cc4c3)nc3ccccc23)cc1. The summed E-state index contributed by atoms with van der Waals surface area (Å²) in [6.45, 7) is 0. The zero-order chi connectivity index (χ0) is 31.3. The average molecular weight is 628 g/mol. The Morgan fingerprint density at radius 3 is 1.85 bits per heavy atom. The highest BCUT2D eigenvalue weighted by Crippen LogP contribution is 2.46. The van der Waals surface area contributed by atoms with Crippen LogP contribution >= 0.6 is 11.3 Å². The summed E-state index contributed by atoms with van der Waals surface area (Å²) in [6, 6.07) is 54.7. The molecule has 0 aliphatic rings. The van der Waals surface area contributed by atoms with Crippen LogP contribution in [0.3, 0.4) is 0 Å². The lowest BCUT2D eigenvalue weighted by Crippen LogP contribution is -1.96. The number of rotatable bonds is 3. The number of hydrogen-bond acceptors (Lipinski definition) is 3. The Kier molecular flexibility index (Phi) is 5.26. The second-order valence-corrected chi connectivity index (χ2v) is 13.7. The molecule has 3 aromatic heterocycles. The molecule has 0 aliphatic carbocycles. The Morgan fingerprint density at radius 2 is 1.10 bits per heavy atom. The first-order valence-electron chi connectivity index (χ1n) is 16.2. The molecule has 0 spiro atoms. The van der Waals surface area contributed by atoms with Gasteiger partial charge in [-0.05, 0) is 70.1 Å². The second-order valence-electron chi connectivity index (χ2n) is 12.6. The zero-order valence-corrected chi connectivity index (χ0v) is 26.5. The molecule has 0 fully saturated rings.